The Morgan fingerprint density at radius 1 is 1.10 bits per heavy atom. The van der Waals surface area contributed by atoms with E-state index in [4.69, 9.17) is 5.11 Å². The number of carboxylic acid groups (broad SMARTS) is 1. The molecule has 5 nitrogen and oxygen atoms in total. The van der Waals surface area contributed by atoms with Crippen LogP contribution in [0.1, 0.15) is 20.8 Å². The number of nitrogens with one attached hydrogen (secondary N) is 2. The molecule has 0 saturated carbocycles. The molecule has 21 heavy (non-hydrogen) atoms. The number of aliphatic carboxylic acids is 1. The molecule has 8 heteroatoms. The molecule has 3 N–H and O–H groups in total. The van der Waals surface area contributed by atoms with Gasteiger partial charge in [0, 0.05) is 12.1 Å². The summed E-state index contributed by atoms with van der Waals surface area (Å²) in [7, 11) is 0. The molecule has 1 rings (SSSR count). The lowest BCUT2D eigenvalue weighted by Crippen LogP contribution is -2.50. The minimum absolute atomic E-state index is 0.281. The Morgan fingerprint density at radius 3 is 2.10 bits per heavy atom. The maximum absolute atomic E-state index is 13.4. The quantitative estimate of drug-likeness (QED) is 0.751. The molecular weight excluding hydrogens is 289 g/mol. The summed E-state index contributed by atoms with van der Waals surface area (Å²) in [4.78, 5) is 22.7. The van der Waals surface area contributed by atoms with E-state index in [1.807, 2.05) is 5.32 Å². The molecule has 0 aliphatic rings. The predicted molar refractivity (Wildman–Crippen MR) is 69.3 cm³/mol. The highest BCUT2D eigenvalue weighted by atomic mass is 19.2. The van der Waals surface area contributed by atoms with E-state index in [9.17, 15) is 22.8 Å². The van der Waals surface area contributed by atoms with Crippen LogP contribution in [0.5, 0.6) is 0 Å². The first kappa shape index (κ1) is 16.8. The Balaban J connectivity index is 2.87. The second-order valence-electron chi connectivity index (χ2n) is 5.48. The van der Waals surface area contributed by atoms with Crippen LogP contribution in [0.2, 0.25) is 0 Å². The number of urea groups is 1. The first-order valence-corrected chi connectivity index (χ1v) is 5.97. The number of rotatable bonds is 3. The third kappa shape index (κ3) is 4.37. The van der Waals surface area contributed by atoms with E-state index in [2.05, 4.69) is 5.32 Å². The molecule has 0 fully saturated rings. The zero-order chi connectivity index (χ0) is 16.4. The molecule has 0 aliphatic carbocycles. The van der Waals surface area contributed by atoms with Crippen LogP contribution in [-0.2, 0) is 4.79 Å². The third-order valence-corrected chi connectivity index (χ3v) is 2.65. The number of halogens is 3. The number of carbonyl (C=O) groups excluding carboxylic acids is 1. The van der Waals surface area contributed by atoms with Gasteiger partial charge in [0.2, 0.25) is 0 Å². The van der Waals surface area contributed by atoms with E-state index < -0.39 is 46.6 Å². The molecule has 2 amide bonds. The lowest BCUT2D eigenvalue weighted by molar-refractivity contribution is -0.141. The number of hydrogen-bond donors (Lipinski definition) is 3. The monoisotopic (exact) mass is 304 g/mol. The standard InChI is InChI=1S/C13H15F3N2O3/c1-13(2,3)10(11(19)20)18-12(21)17-9-5-7(15)6(14)4-8(9)16/h4-5,10H,1-3H3,(H,19,20)(H2,17,18,21). The number of carboxylic acids is 1. The topological polar surface area (TPSA) is 78.4 Å². The van der Waals surface area contributed by atoms with Crippen molar-refractivity contribution in [1.29, 1.82) is 0 Å². The Labute approximate surface area is 119 Å². The number of benzene rings is 1. The van der Waals surface area contributed by atoms with Crippen LogP contribution in [0.4, 0.5) is 23.7 Å². The predicted octanol–water partition coefficient (Wildman–Crippen LogP) is 2.72. The lowest BCUT2D eigenvalue weighted by Gasteiger charge is -2.27. The van der Waals surface area contributed by atoms with Crippen molar-refractivity contribution in [2.75, 3.05) is 5.32 Å². The SMILES string of the molecule is CC(C)(C)C(NC(=O)Nc1cc(F)c(F)cc1F)C(=O)O. The number of amides is 2. The number of anilines is 1. The molecule has 0 spiro atoms. The van der Waals surface area contributed by atoms with E-state index >= 15 is 0 Å². The van der Waals surface area contributed by atoms with Gasteiger partial charge < -0.3 is 15.7 Å². The molecular formula is C13H15F3N2O3. The summed E-state index contributed by atoms with van der Waals surface area (Å²) in [6.45, 7) is 4.76. The van der Waals surface area contributed by atoms with Crippen molar-refractivity contribution in [3.8, 4) is 0 Å². The second-order valence-corrected chi connectivity index (χ2v) is 5.48. The van der Waals surface area contributed by atoms with Crippen LogP contribution in [0, 0.1) is 22.9 Å². The smallest absolute Gasteiger partial charge is 0.326 e. The minimum Gasteiger partial charge on any atom is -0.480 e. The molecule has 1 aromatic rings. The van der Waals surface area contributed by atoms with Crippen molar-refractivity contribution >= 4 is 17.7 Å². The summed E-state index contributed by atoms with van der Waals surface area (Å²) in [5.74, 6) is -5.18. The normalized spacial score (nSPS) is 12.7. The van der Waals surface area contributed by atoms with Gasteiger partial charge in [-0.3, -0.25) is 0 Å². The summed E-state index contributed by atoms with van der Waals surface area (Å²) >= 11 is 0. The van der Waals surface area contributed by atoms with Crippen LogP contribution in [0.25, 0.3) is 0 Å². The van der Waals surface area contributed by atoms with Gasteiger partial charge in [-0.25, -0.2) is 22.8 Å². The summed E-state index contributed by atoms with van der Waals surface area (Å²) in [5, 5.41) is 13.1. The van der Waals surface area contributed by atoms with E-state index in [0.29, 0.717) is 6.07 Å². The maximum Gasteiger partial charge on any atom is 0.326 e. The summed E-state index contributed by atoms with van der Waals surface area (Å²) in [6, 6.07) is -1.53. The van der Waals surface area contributed by atoms with Crippen molar-refractivity contribution in [3.05, 3.63) is 29.6 Å². The molecule has 116 valence electrons. The average Bonchev–Trinajstić information content (AvgIpc) is 2.31. The highest BCUT2D eigenvalue weighted by molar-refractivity contribution is 5.92. The minimum atomic E-state index is -1.39. The van der Waals surface area contributed by atoms with Crippen molar-refractivity contribution in [2.45, 2.75) is 26.8 Å². The van der Waals surface area contributed by atoms with Crippen LogP contribution in [-0.4, -0.2) is 23.1 Å². The Kier molecular flexibility index (Phi) is 4.82. The molecule has 0 bridgehead atoms. The fourth-order valence-corrected chi connectivity index (χ4v) is 1.56. The summed E-state index contributed by atoms with van der Waals surface area (Å²) in [5.41, 5.74) is -1.39. The maximum atomic E-state index is 13.4. The van der Waals surface area contributed by atoms with Gasteiger partial charge in [-0.05, 0) is 5.41 Å². The van der Waals surface area contributed by atoms with Crippen LogP contribution >= 0.6 is 0 Å². The fraction of sp³-hybridized carbons (Fsp3) is 0.385. The molecule has 0 saturated heterocycles. The number of hydrogen-bond acceptors (Lipinski definition) is 2. The Hall–Kier alpha value is -2.25. The fourth-order valence-electron chi connectivity index (χ4n) is 1.56. The van der Waals surface area contributed by atoms with Crippen LogP contribution < -0.4 is 10.6 Å². The molecule has 0 radical (unpaired) electrons. The van der Waals surface area contributed by atoms with E-state index in [0.717, 1.165) is 0 Å². The van der Waals surface area contributed by atoms with E-state index in [1.54, 1.807) is 20.8 Å². The molecule has 0 heterocycles. The zero-order valence-electron chi connectivity index (χ0n) is 11.6. The van der Waals surface area contributed by atoms with Gasteiger partial charge in [-0.15, -0.1) is 0 Å². The molecule has 0 aliphatic heterocycles. The summed E-state index contributed by atoms with van der Waals surface area (Å²) in [6.07, 6.45) is 0. The highest BCUT2D eigenvalue weighted by Crippen LogP contribution is 2.21. The third-order valence-electron chi connectivity index (χ3n) is 2.65. The average molecular weight is 304 g/mol. The van der Waals surface area contributed by atoms with Crippen molar-refractivity contribution < 1.29 is 27.9 Å². The molecule has 1 atom stereocenters. The second kappa shape index (κ2) is 6.02. The van der Waals surface area contributed by atoms with Crippen molar-refractivity contribution in [1.82, 2.24) is 5.32 Å². The van der Waals surface area contributed by atoms with Crippen molar-refractivity contribution in [3.63, 3.8) is 0 Å². The van der Waals surface area contributed by atoms with Gasteiger partial charge in [0.25, 0.3) is 0 Å². The van der Waals surface area contributed by atoms with Crippen LogP contribution in [0.3, 0.4) is 0 Å². The Bertz CT molecular complexity index is 571. The van der Waals surface area contributed by atoms with Crippen LogP contribution in [0.15, 0.2) is 12.1 Å². The van der Waals surface area contributed by atoms with Gasteiger partial charge in [0.15, 0.2) is 11.6 Å². The van der Waals surface area contributed by atoms with E-state index in [1.165, 1.54) is 0 Å². The van der Waals surface area contributed by atoms with Gasteiger partial charge >= 0.3 is 12.0 Å². The van der Waals surface area contributed by atoms with E-state index in [-0.39, 0.29) is 6.07 Å². The van der Waals surface area contributed by atoms with Crippen molar-refractivity contribution in [2.24, 2.45) is 5.41 Å². The number of carbonyl (C=O) groups is 2. The van der Waals surface area contributed by atoms with Gasteiger partial charge in [-0.2, -0.15) is 0 Å². The summed E-state index contributed by atoms with van der Waals surface area (Å²) < 4.78 is 39.1. The highest BCUT2D eigenvalue weighted by Gasteiger charge is 2.32. The molecule has 1 unspecified atom stereocenters. The Morgan fingerprint density at radius 2 is 1.62 bits per heavy atom. The molecule has 0 aromatic heterocycles. The molecule has 1 aromatic carbocycles. The lowest BCUT2D eigenvalue weighted by atomic mass is 9.87. The first-order valence-electron chi connectivity index (χ1n) is 5.97. The van der Waals surface area contributed by atoms with Gasteiger partial charge in [0.05, 0.1) is 5.69 Å². The van der Waals surface area contributed by atoms with Gasteiger partial charge in [-0.1, -0.05) is 20.8 Å². The zero-order valence-corrected chi connectivity index (χ0v) is 11.6. The largest absolute Gasteiger partial charge is 0.480 e. The van der Waals surface area contributed by atoms with Gasteiger partial charge in [0.1, 0.15) is 11.9 Å². The first-order chi connectivity index (χ1) is 9.52.